The minimum absolute atomic E-state index is 0.193. The van der Waals surface area contributed by atoms with E-state index in [1.165, 1.54) is 38.5 Å². The van der Waals surface area contributed by atoms with Crippen molar-refractivity contribution in [3.8, 4) is 0 Å². The third kappa shape index (κ3) is 1.95. The molecule has 3 nitrogen and oxygen atoms in total. The van der Waals surface area contributed by atoms with Gasteiger partial charge in [-0.3, -0.25) is 4.79 Å². The van der Waals surface area contributed by atoms with Crippen LogP contribution in [0.5, 0.6) is 0 Å². The minimum atomic E-state index is -0.572. The fourth-order valence-electron chi connectivity index (χ4n) is 8.06. The molecule has 1 spiro atoms. The molecule has 0 saturated heterocycles. The van der Waals surface area contributed by atoms with Crippen LogP contribution in [-0.4, -0.2) is 22.8 Å². The number of rotatable bonds is 2. The molecule has 0 amide bonds. The molecular weight excluding hydrogens is 288 g/mol. The van der Waals surface area contributed by atoms with E-state index in [2.05, 4.69) is 6.92 Å². The fourth-order valence-corrected chi connectivity index (χ4v) is 8.06. The number of aliphatic carboxylic acids is 1. The number of hydrogen-bond donors (Lipinski definition) is 2. The molecule has 2 N–H and O–H groups in total. The van der Waals surface area contributed by atoms with Gasteiger partial charge in [0.15, 0.2) is 0 Å². The molecule has 4 rings (SSSR count). The van der Waals surface area contributed by atoms with Gasteiger partial charge in [0.25, 0.3) is 0 Å². The highest BCUT2D eigenvalue weighted by Crippen LogP contribution is 2.72. The van der Waals surface area contributed by atoms with Gasteiger partial charge in [-0.05, 0) is 92.8 Å². The molecule has 0 aromatic carbocycles. The molecular formula is C20H32O3. The van der Waals surface area contributed by atoms with Crippen molar-refractivity contribution in [1.29, 1.82) is 0 Å². The van der Waals surface area contributed by atoms with Gasteiger partial charge in [0, 0.05) is 6.61 Å². The van der Waals surface area contributed by atoms with Crippen molar-refractivity contribution in [2.45, 2.75) is 71.6 Å². The summed E-state index contributed by atoms with van der Waals surface area (Å²) in [5.41, 5.74) is 0.0811. The van der Waals surface area contributed by atoms with Gasteiger partial charge < -0.3 is 10.2 Å². The van der Waals surface area contributed by atoms with Crippen molar-refractivity contribution in [3.05, 3.63) is 0 Å². The smallest absolute Gasteiger partial charge is 0.309 e. The third-order valence-corrected chi connectivity index (χ3v) is 9.00. The van der Waals surface area contributed by atoms with Crippen LogP contribution in [-0.2, 0) is 4.79 Å². The highest BCUT2D eigenvalue weighted by molar-refractivity contribution is 5.75. The first-order valence-corrected chi connectivity index (χ1v) is 9.70. The summed E-state index contributed by atoms with van der Waals surface area (Å²) < 4.78 is 0. The van der Waals surface area contributed by atoms with Crippen molar-refractivity contribution in [2.75, 3.05) is 6.61 Å². The van der Waals surface area contributed by atoms with E-state index < -0.39 is 11.4 Å². The maximum absolute atomic E-state index is 12.1. The lowest BCUT2D eigenvalue weighted by Crippen LogP contribution is -2.58. The Kier molecular flexibility index (Phi) is 3.44. The van der Waals surface area contributed by atoms with Crippen LogP contribution < -0.4 is 0 Å². The van der Waals surface area contributed by atoms with Crippen LogP contribution in [0.1, 0.15) is 71.6 Å². The summed E-state index contributed by atoms with van der Waals surface area (Å²) >= 11 is 0. The fraction of sp³-hybridized carbons (Fsp3) is 0.950. The Morgan fingerprint density at radius 3 is 2.52 bits per heavy atom. The summed E-state index contributed by atoms with van der Waals surface area (Å²) in [7, 11) is 0. The number of aliphatic hydroxyl groups excluding tert-OH is 1. The van der Waals surface area contributed by atoms with Crippen molar-refractivity contribution < 1.29 is 15.0 Å². The zero-order valence-corrected chi connectivity index (χ0v) is 14.7. The normalized spacial score (nSPS) is 55.1. The van der Waals surface area contributed by atoms with Gasteiger partial charge in [0.1, 0.15) is 0 Å². The SMILES string of the molecule is C[C@@]12CCC[C@@](C)(C(=O)O)[C@@H]1CC[C@@]13C[C@@H](CO)[C@@H](CC[C@H]12)C3. The zero-order valence-electron chi connectivity index (χ0n) is 14.7. The summed E-state index contributed by atoms with van der Waals surface area (Å²) in [6.45, 7) is 4.80. The number of fused-ring (bicyclic) bond motifs is 3. The lowest BCUT2D eigenvalue weighted by molar-refractivity contribution is -0.181. The first-order valence-electron chi connectivity index (χ1n) is 9.70. The molecule has 4 aliphatic carbocycles. The molecule has 4 fully saturated rings. The molecule has 4 aliphatic rings. The average molecular weight is 320 g/mol. The van der Waals surface area contributed by atoms with Crippen molar-refractivity contribution in [3.63, 3.8) is 0 Å². The Balaban J connectivity index is 1.71. The van der Waals surface area contributed by atoms with Gasteiger partial charge in [-0.15, -0.1) is 0 Å². The van der Waals surface area contributed by atoms with Gasteiger partial charge in [-0.25, -0.2) is 0 Å². The van der Waals surface area contributed by atoms with E-state index in [1.807, 2.05) is 6.92 Å². The topological polar surface area (TPSA) is 57.5 Å². The van der Waals surface area contributed by atoms with Crippen LogP contribution in [0.25, 0.3) is 0 Å². The van der Waals surface area contributed by atoms with E-state index >= 15 is 0 Å². The maximum atomic E-state index is 12.1. The molecule has 7 atom stereocenters. The van der Waals surface area contributed by atoms with Crippen molar-refractivity contribution in [1.82, 2.24) is 0 Å². The predicted molar refractivity (Wildman–Crippen MR) is 88.9 cm³/mol. The Bertz CT molecular complexity index is 517. The molecule has 2 bridgehead atoms. The predicted octanol–water partition coefficient (Wildman–Crippen LogP) is 4.09. The third-order valence-electron chi connectivity index (χ3n) is 9.00. The first kappa shape index (κ1) is 15.9. The molecule has 130 valence electrons. The molecule has 0 aliphatic heterocycles. The molecule has 0 aromatic heterocycles. The minimum Gasteiger partial charge on any atom is -0.481 e. The molecule has 23 heavy (non-hydrogen) atoms. The highest BCUT2D eigenvalue weighted by atomic mass is 16.4. The second kappa shape index (κ2) is 4.97. The summed E-state index contributed by atoms with van der Waals surface area (Å²) in [5.74, 6) is 1.68. The Morgan fingerprint density at radius 2 is 1.83 bits per heavy atom. The Hall–Kier alpha value is -0.570. The molecule has 0 radical (unpaired) electrons. The Labute approximate surface area is 139 Å². The summed E-state index contributed by atoms with van der Waals surface area (Å²) in [5, 5.41) is 19.7. The van der Waals surface area contributed by atoms with Crippen molar-refractivity contribution in [2.24, 2.45) is 39.9 Å². The monoisotopic (exact) mass is 320 g/mol. The van der Waals surface area contributed by atoms with Crippen LogP contribution in [0, 0.1) is 39.9 Å². The van der Waals surface area contributed by atoms with Crippen LogP contribution in [0.4, 0.5) is 0 Å². The number of carboxylic acids is 1. The molecule has 0 heterocycles. The van der Waals surface area contributed by atoms with Gasteiger partial charge >= 0.3 is 5.97 Å². The number of carboxylic acid groups (broad SMARTS) is 1. The number of hydrogen-bond acceptors (Lipinski definition) is 2. The standard InChI is InChI=1S/C20H32O3/c1-18-7-3-8-19(2,17(22)23)15(18)6-9-20-10-13(4-5-16(18)20)14(11-20)12-21/h13-16,21H,3-12H2,1-2H3,(H,22,23)/t13-,14-,15+,16-,18+,19+,20+/m0/s1. The molecule has 0 unspecified atom stereocenters. The van der Waals surface area contributed by atoms with E-state index in [9.17, 15) is 15.0 Å². The second-order valence-corrected chi connectivity index (χ2v) is 9.78. The second-order valence-electron chi connectivity index (χ2n) is 9.78. The largest absolute Gasteiger partial charge is 0.481 e. The summed E-state index contributed by atoms with van der Waals surface area (Å²) in [6.07, 6.45) is 10.4. The maximum Gasteiger partial charge on any atom is 0.309 e. The summed E-state index contributed by atoms with van der Waals surface area (Å²) in [6, 6.07) is 0. The van der Waals surface area contributed by atoms with Crippen LogP contribution >= 0.6 is 0 Å². The molecule has 0 aromatic rings. The lowest BCUT2D eigenvalue weighted by Gasteiger charge is -2.63. The highest BCUT2D eigenvalue weighted by Gasteiger charge is 2.65. The van der Waals surface area contributed by atoms with E-state index in [-0.39, 0.29) is 5.41 Å². The number of aliphatic hydroxyl groups is 1. The first-order chi connectivity index (χ1) is 10.9. The number of carbonyl (C=O) groups is 1. The van der Waals surface area contributed by atoms with Gasteiger partial charge in [-0.1, -0.05) is 13.3 Å². The Morgan fingerprint density at radius 1 is 1.04 bits per heavy atom. The quantitative estimate of drug-likeness (QED) is 0.805. The lowest BCUT2D eigenvalue weighted by atomic mass is 9.41. The van der Waals surface area contributed by atoms with Crippen molar-refractivity contribution >= 4 is 5.97 Å². The molecule has 4 saturated carbocycles. The van der Waals surface area contributed by atoms with Gasteiger partial charge in [0.2, 0.25) is 0 Å². The average Bonchev–Trinajstić information content (AvgIpc) is 2.77. The van der Waals surface area contributed by atoms with Crippen LogP contribution in [0.15, 0.2) is 0 Å². The van der Waals surface area contributed by atoms with Gasteiger partial charge in [-0.2, -0.15) is 0 Å². The molecule has 3 heteroatoms. The van der Waals surface area contributed by atoms with E-state index in [1.54, 1.807) is 0 Å². The van der Waals surface area contributed by atoms with E-state index in [0.29, 0.717) is 29.8 Å². The van der Waals surface area contributed by atoms with E-state index in [4.69, 9.17) is 0 Å². The van der Waals surface area contributed by atoms with Crippen LogP contribution in [0.2, 0.25) is 0 Å². The summed E-state index contributed by atoms with van der Waals surface area (Å²) in [4.78, 5) is 12.1. The zero-order chi connectivity index (χ0) is 16.5. The van der Waals surface area contributed by atoms with E-state index in [0.717, 1.165) is 25.2 Å². The van der Waals surface area contributed by atoms with Gasteiger partial charge in [0.05, 0.1) is 5.41 Å². The van der Waals surface area contributed by atoms with Crippen LogP contribution in [0.3, 0.4) is 0 Å².